The van der Waals surface area contributed by atoms with Gasteiger partial charge in [-0.3, -0.25) is 4.90 Å². The van der Waals surface area contributed by atoms with E-state index in [9.17, 15) is 0 Å². The van der Waals surface area contributed by atoms with E-state index >= 15 is 0 Å². The van der Waals surface area contributed by atoms with Gasteiger partial charge in [-0.1, -0.05) is 11.6 Å². The molecule has 0 saturated carbocycles. The molecule has 0 amide bonds. The van der Waals surface area contributed by atoms with E-state index in [4.69, 9.17) is 25.8 Å². The van der Waals surface area contributed by atoms with Crippen LogP contribution in [-0.2, 0) is 9.47 Å². The van der Waals surface area contributed by atoms with Gasteiger partial charge in [0.15, 0.2) is 5.82 Å². The molecule has 7 rings (SSSR count). The summed E-state index contributed by atoms with van der Waals surface area (Å²) in [5.74, 6) is 1.98. The molecule has 35 heavy (non-hydrogen) atoms. The van der Waals surface area contributed by atoms with E-state index in [1.165, 1.54) is 5.56 Å². The summed E-state index contributed by atoms with van der Waals surface area (Å²) in [6, 6.07) is 7.53. The number of nitrogens with zero attached hydrogens (tertiary/aromatic N) is 6. The molecule has 0 N–H and O–H groups in total. The van der Waals surface area contributed by atoms with Crippen molar-refractivity contribution in [2.45, 2.75) is 43.4 Å². The third kappa shape index (κ3) is 3.76. The monoisotopic (exact) mass is 496 g/mol. The summed E-state index contributed by atoms with van der Waals surface area (Å²) < 4.78 is 18.5. The Morgan fingerprint density at radius 2 is 1.86 bits per heavy atom. The second-order valence-electron chi connectivity index (χ2n) is 10.1. The van der Waals surface area contributed by atoms with Crippen LogP contribution in [0.3, 0.4) is 0 Å². The van der Waals surface area contributed by atoms with E-state index in [-0.39, 0.29) is 6.10 Å². The molecule has 0 spiro atoms. The van der Waals surface area contributed by atoms with Crippen LogP contribution in [0.1, 0.15) is 30.7 Å². The molecule has 2 atom stereocenters. The van der Waals surface area contributed by atoms with E-state index in [0.29, 0.717) is 29.8 Å². The van der Waals surface area contributed by atoms with Crippen molar-refractivity contribution in [2.24, 2.45) is 0 Å². The summed E-state index contributed by atoms with van der Waals surface area (Å²) in [7, 11) is 1.60. The fourth-order valence-corrected chi connectivity index (χ4v) is 6.32. The van der Waals surface area contributed by atoms with Crippen molar-refractivity contribution in [3.63, 3.8) is 0 Å². The lowest BCUT2D eigenvalue weighted by atomic mass is 9.88. The molecule has 10 heteroatoms. The smallest absolute Gasteiger partial charge is 0.320 e. The minimum absolute atomic E-state index is 0.280. The Bertz CT molecular complexity index is 1260. The van der Waals surface area contributed by atoms with Crippen LogP contribution in [0.4, 0.5) is 5.82 Å². The number of fused-ring (bicyclic) bond motifs is 3. The first-order valence-corrected chi connectivity index (χ1v) is 12.8. The Labute approximate surface area is 208 Å². The molecular weight excluding hydrogens is 468 g/mol. The highest BCUT2D eigenvalue weighted by Crippen LogP contribution is 2.37. The zero-order valence-electron chi connectivity index (χ0n) is 19.8. The third-order valence-corrected chi connectivity index (χ3v) is 8.39. The van der Waals surface area contributed by atoms with E-state index in [2.05, 4.69) is 30.9 Å². The Morgan fingerprint density at radius 1 is 1.03 bits per heavy atom. The van der Waals surface area contributed by atoms with Crippen LogP contribution in [-0.4, -0.2) is 89.4 Å². The molecule has 184 valence electrons. The number of hydrogen-bond acceptors (Lipinski definition) is 8. The Hall–Kier alpha value is -2.46. The van der Waals surface area contributed by atoms with Gasteiger partial charge in [0.25, 0.3) is 0 Å². The van der Waals surface area contributed by atoms with Gasteiger partial charge in [0.2, 0.25) is 0 Å². The van der Waals surface area contributed by atoms with Gasteiger partial charge in [-0.15, -0.1) is 0 Å². The van der Waals surface area contributed by atoms with Crippen molar-refractivity contribution in [3.05, 3.63) is 35.0 Å². The zero-order chi connectivity index (χ0) is 23.5. The fraction of sp³-hybridized carbons (Fsp3) is 0.560. The van der Waals surface area contributed by atoms with Gasteiger partial charge < -0.3 is 19.1 Å². The zero-order valence-corrected chi connectivity index (χ0v) is 20.5. The predicted octanol–water partition coefficient (Wildman–Crippen LogP) is 3.03. The molecule has 3 aromatic rings. The first-order chi connectivity index (χ1) is 17.2. The van der Waals surface area contributed by atoms with E-state index in [0.717, 1.165) is 80.5 Å². The highest BCUT2D eigenvalue weighted by Gasteiger charge is 2.40. The molecule has 0 unspecified atom stereocenters. The Morgan fingerprint density at radius 3 is 2.54 bits per heavy atom. The van der Waals surface area contributed by atoms with Gasteiger partial charge in [0.1, 0.15) is 5.82 Å². The number of methoxy groups -OCH3 is 1. The SMILES string of the molecule is COc1nc(N2C[C@H]3C[C@@H]2CO3)cc(-n2ncc3cc(Cl)c(C4CCN(C5COC5)CC4)cc32)n1. The van der Waals surface area contributed by atoms with E-state index in [1.807, 2.05) is 23.0 Å². The number of ether oxygens (including phenoxy) is 3. The van der Waals surface area contributed by atoms with Crippen LogP contribution in [0, 0.1) is 0 Å². The average molecular weight is 497 g/mol. The highest BCUT2D eigenvalue weighted by molar-refractivity contribution is 6.32. The molecular formula is C25H29ClN6O3. The Kier molecular flexibility index (Phi) is 5.34. The van der Waals surface area contributed by atoms with Crippen molar-refractivity contribution in [3.8, 4) is 11.8 Å². The molecule has 2 aromatic heterocycles. The van der Waals surface area contributed by atoms with Crippen molar-refractivity contribution >= 4 is 28.3 Å². The number of morpholine rings is 1. The van der Waals surface area contributed by atoms with Gasteiger partial charge in [-0.25, -0.2) is 4.68 Å². The van der Waals surface area contributed by atoms with Crippen LogP contribution in [0.25, 0.3) is 16.7 Å². The van der Waals surface area contributed by atoms with Crippen LogP contribution >= 0.6 is 11.6 Å². The highest BCUT2D eigenvalue weighted by atomic mass is 35.5. The molecule has 1 aromatic carbocycles. The molecule has 2 bridgehead atoms. The maximum absolute atomic E-state index is 6.79. The summed E-state index contributed by atoms with van der Waals surface area (Å²) in [4.78, 5) is 14.1. The average Bonchev–Trinajstić information content (AvgIpc) is 3.58. The number of aromatic nitrogens is 4. The topological polar surface area (TPSA) is 77.8 Å². The number of halogens is 1. The normalized spacial score (nSPS) is 25.5. The van der Waals surface area contributed by atoms with Gasteiger partial charge in [0, 0.05) is 23.0 Å². The third-order valence-electron chi connectivity index (χ3n) is 8.07. The minimum atomic E-state index is 0.280. The lowest BCUT2D eigenvalue weighted by Gasteiger charge is -2.41. The lowest BCUT2D eigenvalue weighted by molar-refractivity contribution is -0.0712. The van der Waals surface area contributed by atoms with Crippen molar-refractivity contribution in [1.82, 2.24) is 24.6 Å². The van der Waals surface area contributed by atoms with Crippen molar-refractivity contribution in [2.75, 3.05) is 51.5 Å². The maximum atomic E-state index is 6.79. The first-order valence-electron chi connectivity index (χ1n) is 12.5. The second kappa shape index (κ2) is 8.58. The van der Waals surface area contributed by atoms with Gasteiger partial charge >= 0.3 is 6.01 Å². The van der Waals surface area contributed by atoms with Gasteiger partial charge in [-0.05, 0) is 56.0 Å². The molecule has 6 heterocycles. The summed E-state index contributed by atoms with van der Waals surface area (Å²) in [6.07, 6.45) is 5.37. The molecule has 4 aliphatic heterocycles. The quantitative estimate of drug-likeness (QED) is 0.533. The number of rotatable bonds is 5. The summed E-state index contributed by atoms with van der Waals surface area (Å²) in [5.41, 5.74) is 2.19. The molecule has 9 nitrogen and oxygen atoms in total. The van der Waals surface area contributed by atoms with E-state index in [1.54, 1.807) is 7.11 Å². The Balaban J connectivity index is 1.22. The molecule has 0 radical (unpaired) electrons. The molecule has 4 fully saturated rings. The molecule has 4 saturated heterocycles. The van der Waals surface area contributed by atoms with E-state index < -0.39 is 0 Å². The summed E-state index contributed by atoms with van der Waals surface area (Å²) in [5, 5.41) is 6.50. The second-order valence-corrected chi connectivity index (χ2v) is 10.5. The lowest BCUT2D eigenvalue weighted by Crippen LogP contribution is -2.51. The van der Waals surface area contributed by atoms with Crippen LogP contribution < -0.4 is 9.64 Å². The van der Waals surface area contributed by atoms with Crippen molar-refractivity contribution < 1.29 is 14.2 Å². The number of hydrogen-bond donors (Lipinski definition) is 0. The number of anilines is 1. The fourth-order valence-electron chi connectivity index (χ4n) is 6.00. The standard InChI is InChI=1S/C25H29ClN6O3/c1-33-25-28-23(31-11-19-7-17(31)14-35-19)9-24(29-25)32-22-8-20(21(26)6-16(22)10-27-32)15-2-4-30(5-3-15)18-12-34-13-18/h6,8-10,15,17-19H,2-5,7,11-14H2,1H3/t17-,19-/m1/s1. The number of benzene rings is 1. The van der Waals surface area contributed by atoms with Crippen LogP contribution in [0.2, 0.25) is 5.02 Å². The van der Waals surface area contributed by atoms with Crippen LogP contribution in [0.15, 0.2) is 24.4 Å². The summed E-state index contributed by atoms with van der Waals surface area (Å²) in [6.45, 7) is 5.49. The van der Waals surface area contributed by atoms with Crippen molar-refractivity contribution in [1.29, 1.82) is 0 Å². The molecule has 4 aliphatic rings. The molecule has 0 aliphatic carbocycles. The maximum Gasteiger partial charge on any atom is 0.320 e. The first kappa shape index (κ1) is 21.8. The van der Waals surface area contributed by atoms with Gasteiger partial charge in [0.05, 0.1) is 56.8 Å². The number of likely N-dealkylation sites (tertiary alicyclic amines) is 1. The van der Waals surface area contributed by atoms with Gasteiger partial charge in [-0.2, -0.15) is 15.1 Å². The number of piperidine rings is 1. The largest absolute Gasteiger partial charge is 0.467 e. The minimum Gasteiger partial charge on any atom is -0.467 e. The van der Waals surface area contributed by atoms with Crippen LogP contribution in [0.5, 0.6) is 6.01 Å². The summed E-state index contributed by atoms with van der Waals surface area (Å²) >= 11 is 6.79. The predicted molar refractivity (Wildman–Crippen MR) is 132 cm³/mol.